The first-order valence-corrected chi connectivity index (χ1v) is 8.44. The van der Waals surface area contributed by atoms with E-state index in [4.69, 9.17) is 32.7 Å². The van der Waals surface area contributed by atoms with Crippen molar-refractivity contribution in [3.8, 4) is 11.5 Å². The number of carbonyl (C=O) groups is 1. The SMILES string of the molecule is CCCCOc1cccc(OCC(=O)Nc2ccc(Cl)cc2Cl)c1. The number of carbonyl (C=O) groups excluding carboxylic acids is 1. The second kappa shape index (κ2) is 9.40. The zero-order valence-corrected chi connectivity index (χ0v) is 14.9. The quantitative estimate of drug-likeness (QED) is 0.653. The number of rotatable bonds is 8. The second-order valence-corrected chi connectivity index (χ2v) is 5.98. The van der Waals surface area contributed by atoms with Gasteiger partial charge in [-0.2, -0.15) is 0 Å². The highest BCUT2D eigenvalue weighted by molar-refractivity contribution is 6.36. The molecule has 0 aliphatic heterocycles. The van der Waals surface area contributed by atoms with Crippen LogP contribution in [0.15, 0.2) is 42.5 Å². The first-order chi connectivity index (χ1) is 11.6. The molecule has 1 amide bonds. The summed E-state index contributed by atoms with van der Waals surface area (Å²) in [5, 5.41) is 3.56. The predicted molar refractivity (Wildman–Crippen MR) is 97.4 cm³/mol. The van der Waals surface area contributed by atoms with Gasteiger partial charge in [-0.05, 0) is 36.8 Å². The third-order valence-corrected chi connectivity index (χ3v) is 3.70. The van der Waals surface area contributed by atoms with E-state index in [1.807, 2.05) is 12.1 Å². The van der Waals surface area contributed by atoms with E-state index in [-0.39, 0.29) is 12.5 Å². The van der Waals surface area contributed by atoms with Crippen molar-refractivity contribution in [3.63, 3.8) is 0 Å². The van der Waals surface area contributed by atoms with Gasteiger partial charge in [-0.15, -0.1) is 0 Å². The zero-order chi connectivity index (χ0) is 17.4. The molecular formula is C18H19Cl2NO3. The third-order valence-electron chi connectivity index (χ3n) is 3.15. The van der Waals surface area contributed by atoms with E-state index in [1.165, 1.54) is 0 Å². The number of hydrogen-bond acceptors (Lipinski definition) is 3. The van der Waals surface area contributed by atoms with Crippen LogP contribution in [0.5, 0.6) is 11.5 Å². The summed E-state index contributed by atoms with van der Waals surface area (Å²) >= 11 is 11.8. The van der Waals surface area contributed by atoms with Crippen molar-refractivity contribution in [1.82, 2.24) is 0 Å². The molecule has 0 saturated carbocycles. The number of benzene rings is 2. The molecule has 24 heavy (non-hydrogen) atoms. The molecule has 2 rings (SSSR count). The highest BCUT2D eigenvalue weighted by Gasteiger charge is 2.08. The lowest BCUT2D eigenvalue weighted by Crippen LogP contribution is -2.20. The monoisotopic (exact) mass is 367 g/mol. The molecule has 0 aliphatic rings. The average molecular weight is 368 g/mol. The van der Waals surface area contributed by atoms with Crippen LogP contribution in [0.4, 0.5) is 5.69 Å². The van der Waals surface area contributed by atoms with Crippen LogP contribution in [-0.4, -0.2) is 19.1 Å². The normalized spacial score (nSPS) is 10.3. The van der Waals surface area contributed by atoms with Crippen LogP contribution in [0.1, 0.15) is 19.8 Å². The Kier molecular flexibility index (Phi) is 7.22. The number of halogens is 2. The number of unbranched alkanes of at least 4 members (excludes halogenated alkanes) is 1. The first kappa shape index (κ1) is 18.4. The minimum absolute atomic E-state index is 0.128. The summed E-state index contributed by atoms with van der Waals surface area (Å²) in [4.78, 5) is 12.0. The summed E-state index contributed by atoms with van der Waals surface area (Å²) in [5.74, 6) is 0.986. The lowest BCUT2D eigenvalue weighted by atomic mass is 10.3. The summed E-state index contributed by atoms with van der Waals surface area (Å²) in [5.41, 5.74) is 0.492. The molecule has 128 valence electrons. The van der Waals surface area contributed by atoms with Crippen molar-refractivity contribution in [1.29, 1.82) is 0 Å². The second-order valence-electron chi connectivity index (χ2n) is 5.14. The molecule has 0 unspecified atom stereocenters. The van der Waals surface area contributed by atoms with Crippen molar-refractivity contribution in [2.75, 3.05) is 18.5 Å². The van der Waals surface area contributed by atoms with E-state index in [9.17, 15) is 4.79 Å². The fourth-order valence-corrected chi connectivity index (χ4v) is 2.37. The van der Waals surface area contributed by atoms with Crippen molar-refractivity contribution in [2.24, 2.45) is 0 Å². The zero-order valence-electron chi connectivity index (χ0n) is 13.4. The Morgan fingerprint density at radius 2 is 1.83 bits per heavy atom. The van der Waals surface area contributed by atoms with Gasteiger partial charge in [0.05, 0.1) is 17.3 Å². The number of ether oxygens (including phenoxy) is 2. The standard InChI is InChI=1S/C18H19Cl2NO3/c1-2-3-9-23-14-5-4-6-15(11-14)24-12-18(22)21-17-8-7-13(19)10-16(17)20/h4-8,10-11H,2-3,9,12H2,1H3,(H,21,22). The van der Waals surface area contributed by atoms with Crippen molar-refractivity contribution in [3.05, 3.63) is 52.5 Å². The number of hydrogen-bond donors (Lipinski definition) is 1. The van der Waals surface area contributed by atoms with Crippen LogP contribution in [0.3, 0.4) is 0 Å². The lowest BCUT2D eigenvalue weighted by Gasteiger charge is -2.10. The Morgan fingerprint density at radius 1 is 1.08 bits per heavy atom. The smallest absolute Gasteiger partial charge is 0.262 e. The minimum Gasteiger partial charge on any atom is -0.493 e. The topological polar surface area (TPSA) is 47.6 Å². The van der Waals surface area contributed by atoms with Crippen molar-refractivity contribution >= 4 is 34.8 Å². The molecule has 0 spiro atoms. The molecular weight excluding hydrogens is 349 g/mol. The van der Waals surface area contributed by atoms with E-state index in [2.05, 4.69) is 12.2 Å². The molecule has 0 atom stereocenters. The lowest BCUT2D eigenvalue weighted by molar-refractivity contribution is -0.118. The predicted octanol–water partition coefficient (Wildman–Crippen LogP) is 5.19. The molecule has 0 aromatic heterocycles. The molecule has 0 heterocycles. The maximum atomic E-state index is 12.0. The van der Waals surface area contributed by atoms with Crippen LogP contribution in [0.2, 0.25) is 10.0 Å². The Labute approximate surface area is 151 Å². The van der Waals surface area contributed by atoms with Crippen LogP contribution >= 0.6 is 23.2 Å². The van der Waals surface area contributed by atoms with Crippen LogP contribution < -0.4 is 14.8 Å². The van der Waals surface area contributed by atoms with Crippen LogP contribution in [-0.2, 0) is 4.79 Å². The summed E-state index contributed by atoms with van der Waals surface area (Å²) in [6.45, 7) is 2.64. The van der Waals surface area contributed by atoms with Gasteiger partial charge in [-0.1, -0.05) is 42.6 Å². The van der Waals surface area contributed by atoms with Crippen molar-refractivity contribution in [2.45, 2.75) is 19.8 Å². The molecule has 4 nitrogen and oxygen atoms in total. The summed E-state index contributed by atoms with van der Waals surface area (Å²) in [6, 6.07) is 12.1. The van der Waals surface area contributed by atoms with Gasteiger partial charge in [0.25, 0.3) is 5.91 Å². The van der Waals surface area contributed by atoms with Gasteiger partial charge in [-0.3, -0.25) is 4.79 Å². The fraction of sp³-hybridized carbons (Fsp3) is 0.278. The maximum absolute atomic E-state index is 12.0. The van der Waals surface area contributed by atoms with Crippen LogP contribution in [0.25, 0.3) is 0 Å². The Hall–Kier alpha value is -1.91. The molecule has 0 bridgehead atoms. The molecule has 0 aliphatic carbocycles. The number of nitrogens with one attached hydrogen (secondary N) is 1. The van der Waals surface area contributed by atoms with E-state index in [1.54, 1.807) is 30.3 Å². The molecule has 2 aromatic rings. The van der Waals surface area contributed by atoms with E-state index in [0.29, 0.717) is 28.1 Å². The Morgan fingerprint density at radius 3 is 2.54 bits per heavy atom. The van der Waals surface area contributed by atoms with Gasteiger partial charge >= 0.3 is 0 Å². The van der Waals surface area contributed by atoms with Gasteiger partial charge in [-0.25, -0.2) is 0 Å². The molecule has 0 saturated heterocycles. The van der Waals surface area contributed by atoms with Gasteiger partial charge in [0.15, 0.2) is 6.61 Å². The van der Waals surface area contributed by atoms with Gasteiger partial charge < -0.3 is 14.8 Å². The summed E-state index contributed by atoms with van der Waals surface area (Å²) in [6.07, 6.45) is 2.07. The van der Waals surface area contributed by atoms with Gasteiger partial charge in [0.1, 0.15) is 11.5 Å². The Balaban J connectivity index is 1.86. The maximum Gasteiger partial charge on any atom is 0.262 e. The third kappa shape index (κ3) is 5.95. The van der Waals surface area contributed by atoms with Gasteiger partial charge in [0, 0.05) is 11.1 Å². The molecule has 0 fully saturated rings. The van der Waals surface area contributed by atoms with E-state index < -0.39 is 0 Å². The average Bonchev–Trinajstić information content (AvgIpc) is 2.56. The molecule has 6 heteroatoms. The molecule has 2 aromatic carbocycles. The van der Waals surface area contributed by atoms with Crippen molar-refractivity contribution < 1.29 is 14.3 Å². The minimum atomic E-state index is -0.309. The summed E-state index contributed by atoms with van der Waals surface area (Å²) < 4.78 is 11.1. The molecule has 1 N–H and O–H groups in total. The number of amides is 1. The molecule has 0 radical (unpaired) electrons. The van der Waals surface area contributed by atoms with E-state index >= 15 is 0 Å². The highest BCUT2D eigenvalue weighted by atomic mass is 35.5. The number of anilines is 1. The van der Waals surface area contributed by atoms with Gasteiger partial charge in [0.2, 0.25) is 0 Å². The highest BCUT2D eigenvalue weighted by Crippen LogP contribution is 2.25. The first-order valence-electron chi connectivity index (χ1n) is 7.69. The van der Waals surface area contributed by atoms with E-state index in [0.717, 1.165) is 18.6 Å². The fourth-order valence-electron chi connectivity index (χ4n) is 1.91. The summed E-state index contributed by atoms with van der Waals surface area (Å²) in [7, 11) is 0. The Bertz CT molecular complexity index is 692. The van der Waals surface area contributed by atoms with Crippen LogP contribution in [0, 0.1) is 0 Å². The largest absolute Gasteiger partial charge is 0.493 e.